The zero-order valence-corrected chi connectivity index (χ0v) is 15.5. The van der Waals surface area contributed by atoms with Crippen molar-refractivity contribution in [3.63, 3.8) is 0 Å². The number of ether oxygens (including phenoxy) is 1. The quantitative estimate of drug-likeness (QED) is 0.866. The van der Waals surface area contributed by atoms with E-state index in [9.17, 15) is 14.4 Å². The molecule has 0 saturated carbocycles. The molecule has 1 saturated heterocycles. The number of nitrogens with one attached hydrogen (secondary N) is 2. The number of aryl methyl sites for hydroxylation is 1. The van der Waals surface area contributed by atoms with Crippen LogP contribution in [0.5, 0.6) is 0 Å². The highest BCUT2D eigenvalue weighted by Crippen LogP contribution is 2.19. The second kappa shape index (κ2) is 6.51. The Morgan fingerprint density at radius 1 is 1.35 bits per heavy atom. The molecule has 0 aromatic carbocycles. The molecule has 8 heteroatoms. The number of amides is 2. The highest BCUT2D eigenvalue weighted by molar-refractivity contribution is 6.05. The van der Waals surface area contributed by atoms with Crippen LogP contribution in [0.25, 0.3) is 10.9 Å². The first-order valence-corrected chi connectivity index (χ1v) is 8.58. The van der Waals surface area contributed by atoms with Gasteiger partial charge in [-0.25, -0.2) is 4.79 Å². The fourth-order valence-electron chi connectivity index (χ4n) is 2.96. The summed E-state index contributed by atoms with van der Waals surface area (Å²) < 4.78 is 6.70. The maximum absolute atomic E-state index is 12.5. The van der Waals surface area contributed by atoms with Gasteiger partial charge in [0.15, 0.2) is 0 Å². The molecular weight excluding hydrogens is 336 g/mol. The highest BCUT2D eigenvalue weighted by Gasteiger charge is 2.33. The number of H-pyrrole nitrogens is 1. The molecule has 140 valence electrons. The van der Waals surface area contributed by atoms with Crippen LogP contribution in [0.4, 0.5) is 4.79 Å². The molecule has 0 bridgehead atoms. The van der Waals surface area contributed by atoms with Crippen LogP contribution >= 0.6 is 0 Å². The molecule has 26 heavy (non-hydrogen) atoms. The van der Waals surface area contributed by atoms with Gasteiger partial charge in [-0.15, -0.1) is 0 Å². The van der Waals surface area contributed by atoms with Crippen LogP contribution in [0.1, 0.15) is 31.1 Å². The predicted octanol–water partition coefficient (Wildman–Crippen LogP) is 1.46. The molecule has 1 fully saturated rings. The molecule has 2 N–H and O–H groups in total. The zero-order chi connectivity index (χ0) is 19.1. The molecule has 0 atom stereocenters. The molecule has 2 aromatic heterocycles. The van der Waals surface area contributed by atoms with Crippen molar-refractivity contribution in [2.75, 3.05) is 19.6 Å². The number of fused-ring (bicyclic) bond motifs is 1. The van der Waals surface area contributed by atoms with Gasteiger partial charge in [-0.05, 0) is 26.8 Å². The lowest BCUT2D eigenvalue weighted by atomic mass is 10.0. The van der Waals surface area contributed by atoms with E-state index in [-0.39, 0.29) is 23.5 Å². The van der Waals surface area contributed by atoms with Crippen LogP contribution in [0.3, 0.4) is 0 Å². The number of likely N-dealkylation sites (tertiary alicyclic amines) is 1. The van der Waals surface area contributed by atoms with Crippen LogP contribution in [0, 0.1) is 5.92 Å². The van der Waals surface area contributed by atoms with E-state index >= 15 is 0 Å². The van der Waals surface area contributed by atoms with Gasteiger partial charge in [0.05, 0.1) is 5.56 Å². The Bertz CT molecular complexity index is 900. The van der Waals surface area contributed by atoms with E-state index < -0.39 is 5.60 Å². The summed E-state index contributed by atoms with van der Waals surface area (Å²) in [4.78, 5) is 41.0. The van der Waals surface area contributed by atoms with Crippen molar-refractivity contribution in [3.8, 4) is 0 Å². The Hall–Kier alpha value is -2.77. The molecule has 2 aromatic rings. The SMILES string of the molecule is Cn1cc(C(=O)NCC2CN(C(=O)OC(C)(C)C)C2)c2cc[nH]c2c1=O. The number of hydrogen-bond acceptors (Lipinski definition) is 4. The zero-order valence-electron chi connectivity index (χ0n) is 15.5. The smallest absolute Gasteiger partial charge is 0.410 e. The van der Waals surface area contributed by atoms with E-state index in [4.69, 9.17) is 4.74 Å². The van der Waals surface area contributed by atoms with Crippen molar-refractivity contribution in [2.24, 2.45) is 13.0 Å². The Morgan fingerprint density at radius 2 is 2.04 bits per heavy atom. The summed E-state index contributed by atoms with van der Waals surface area (Å²) in [5.74, 6) is -0.0402. The molecular formula is C18H24N4O4. The second-order valence-corrected chi connectivity index (χ2v) is 7.69. The third-order valence-corrected chi connectivity index (χ3v) is 4.30. The average Bonchev–Trinajstić information content (AvgIpc) is 2.97. The van der Waals surface area contributed by atoms with Crippen LogP contribution < -0.4 is 10.9 Å². The standard InChI is InChI=1S/C18H24N4O4/c1-18(2,3)26-17(25)22-8-11(9-22)7-20-15(23)13-10-21(4)16(24)14-12(13)5-6-19-14/h5-6,10-11,19H,7-9H2,1-4H3,(H,20,23). The molecule has 0 spiro atoms. The van der Waals surface area contributed by atoms with Crippen LogP contribution in [-0.4, -0.2) is 51.7 Å². The molecule has 3 rings (SSSR count). The van der Waals surface area contributed by atoms with Gasteiger partial charge >= 0.3 is 6.09 Å². The van der Waals surface area contributed by atoms with Crippen molar-refractivity contribution < 1.29 is 14.3 Å². The molecule has 8 nitrogen and oxygen atoms in total. The Labute approximate surface area is 151 Å². The van der Waals surface area contributed by atoms with E-state index in [0.717, 1.165) is 0 Å². The number of pyridine rings is 1. The number of carbonyl (C=O) groups is 2. The summed E-state index contributed by atoms with van der Waals surface area (Å²) in [6.45, 7) is 7.07. The predicted molar refractivity (Wildman–Crippen MR) is 97.2 cm³/mol. The minimum absolute atomic E-state index is 0.173. The summed E-state index contributed by atoms with van der Waals surface area (Å²) in [7, 11) is 1.62. The van der Waals surface area contributed by atoms with Gasteiger partial charge in [0, 0.05) is 50.4 Å². The molecule has 1 aliphatic heterocycles. The topological polar surface area (TPSA) is 96.4 Å². The Kier molecular flexibility index (Phi) is 4.52. The lowest BCUT2D eigenvalue weighted by Crippen LogP contribution is -2.54. The van der Waals surface area contributed by atoms with Gasteiger partial charge in [-0.2, -0.15) is 0 Å². The van der Waals surface area contributed by atoms with Gasteiger partial charge in [0.2, 0.25) is 0 Å². The van der Waals surface area contributed by atoms with E-state index in [1.54, 1.807) is 30.4 Å². The summed E-state index contributed by atoms with van der Waals surface area (Å²) >= 11 is 0. The largest absolute Gasteiger partial charge is 0.444 e. The minimum atomic E-state index is -0.512. The Morgan fingerprint density at radius 3 is 2.69 bits per heavy atom. The normalized spacial score (nSPS) is 15.0. The molecule has 0 radical (unpaired) electrons. The lowest BCUT2D eigenvalue weighted by molar-refractivity contribution is -0.000531. The maximum atomic E-state index is 12.5. The first-order valence-electron chi connectivity index (χ1n) is 8.58. The third-order valence-electron chi connectivity index (χ3n) is 4.30. The van der Waals surface area contributed by atoms with Crippen molar-refractivity contribution in [1.29, 1.82) is 0 Å². The number of nitrogens with zero attached hydrogens (tertiary/aromatic N) is 2. The summed E-state index contributed by atoms with van der Waals surface area (Å²) in [5.41, 5.74) is 0.182. The molecule has 3 heterocycles. The number of carbonyl (C=O) groups excluding carboxylic acids is 2. The van der Waals surface area contributed by atoms with E-state index in [0.29, 0.717) is 36.1 Å². The molecule has 1 aliphatic rings. The van der Waals surface area contributed by atoms with Gasteiger partial charge < -0.3 is 24.5 Å². The molecule has 2 amide bonds. The summed E-state index contributed by atoms with van der Waals surface area (Å²) in [5, 5.41) is 3.50. The monoisotopic (exact) mass is 360 g/mol. The summed E-state index contributed by atoms with van der Waals surface area (Å²) in [6.07, 6.45) is 2.86. The van der Waals surface area contributed by atoms with Crippen LogP contribution in [0.2, 0.25) is 0 Å². The number of rotatable bonds is 3. The number of aromatic nitrogens is 2. The van der Waals surface area contributed by atoms with Gasteiger partial charge in [-0.3, -0.25) is 9.59 Å². The third kappa shape index (κ3) is 3.58. The highest BCUT2D eigenvalue weighted by atomic mass is 16.6. The number of hydrogen-bond donors (Lipinski definition) is 2. The lowest BCUT2D eigenvalue weighted by Gasteiger charge is -2.39. The van der Waals surface area contributed by atoms with Gasteiger partial charge in [0.25, 0.3) is 11.5 Å². The van der Waals surface area contributed by atoms with Crippen molar-refractivity contribution >= 4 is 22.9 Å². The molecule has 0 aliphatic carbocycles. The molecule has 0 unspecified atom stereocenters. The number of aromatic amines is 1. The van der Waals surface area contributed by atoms with Gasteiger partial charge in [0.1, 0.15) is 11.1 Å². The second-order valence-electron chi connectivity index (χ2n) is 7.69. The van der Waals surface area contributed by atoms with E-state index in [2.05, 4.69) is 10.3 Å². The fraction of sp³-hybridized carbons (Fsp3) is 0.500. The summed E-state index contributed by atoms with van der Waals surface area (Å²) in [6, 6.07) is 1.72. The van der Waals surface area contributed by atoms with Crippen molar-refractivity contribution in [2.45, 2.75) is 26.4 Å². The Balaban J connectivity index is 1.57. The first kappa shape index (κ1) is 18.0. The van der Waals surface area contributed by atoms with Crippen molar-refractivity contribution in [3.05, 3.63) is 34.4 Å². The van der Waals surface area contributed by atoms with Gasteiger partial charge in [-0.1, -0.05) is 0 Å². The van der Waals surface area contributed by atoms with Crippen LogP contribution in [-0.2, 0) is 11.8 Å². The van der Waals surface area contributed by atoms with Crippen molar-refractivity contribution in [1.82, 2.24) is 19.8 Å². The van der Waals surface area contributed by atoms with E-state index in [1.807, 2.05) is 20.8 Å². The minimum Gasteiger partial charge on any atom is -0.444 e. The average molecular weight is 360 g/mol. The fourth-order valence-corrected chi connectivity index (χ4v) is 2.96. The van der Waals surface area contributed by atoms with E-state index in [1.165, 1.54) is 4.57 Å². The van der Waals surface area contributed by atoms with Crippen LogP contribution in [0.15, 0.2) is 23.3 Å². The maximum Gasteiger partial charge on any atom is 0.410 e. The first-order chi connectivity index (χ1) is 12.2.